The fraction of sp³-hybridized carbons (Fsp3) is 0.500. The Morgan fingerprint density at radius 3 is 2.13 bits per heavy atom. The molecule has 0 amide bonds. The third-order valence-corrected chi connectivity index (χ3v) is 2.81. The lowest BCUT2D eigenvalue weighted by Crippen LogP contribution is -2.16. The number of primary sulfonamides is 1. The highest BCUT2D eigenvalue weighted by Crippen LogP contribution is 2.13. The van der Waals surface area contributed by atoms with Gasteiger partial charge in [-0.3, -0.25) is 0 Å². The fourth-order valence-corrected chi connectivity index (χ4v) is 1.58. The maximum atomic E-state index is 11.2. The van der Waals surface area contributed by atoms with Crippen molar-refractivity contribution < 1.29 is 17.9 Å². The lowest BCUT2D eigenvalue weighted by Gasteiger charge is -2.04. The number of hydrogen-bond donors (Lipinski definition) is 1. The number of allylic oxidation sites excluding steroid dienone is 3. The summed E-state index contributed by atoms with van der Waals surface area (Å²) in [5.41, 5.74) is 0.218. The number of rotatable bonds is 4. The number of nitroso groups, excluding NO2 is 1. The largest absolute Gasteiger partial charge is 0.500 e. The lowest BCUT2D eigenvalue weighted by molar-refractivity contribution is -0.465. The molecule has 6 nitrogen and oxygen atoms in total. The summed E-state index contributed by atoms with van der Waals surface area (Å²) < 4.78 is 27.6. The zero-order valence-corrected chi connectivity index (χ0v) is 9.96. The van der Waals surface area contributed by atoms with Crippen LogP contribution in [0.1, 0.15) is 13.8 Å². The first-order chi connectivity index (χ1) is 6.70. The van der Waals surface area contributed by atoms with Gasteiger partial charge in [-0.2, -0.15) is 0 Å². The van der Waals surface area contributed by atoms with Crippen LogP contribution in [0.25, 0.3) is 0 Å². The lowest BCUT2D eigenvalue weighted by atomic mass is 10.4. The van der Waals surface area contributed by atoms with E-state index in [9.17, 15) is 13.3 Å². The van der Waals surface area contributed by atoms with Gasteiger partial charge in [0.05, 0.1) is 7.11 Å². The van der Waals surface area contributed by atoms with Crippen LogP contribution in [0, 0.1) is 4.91 Å². The predicted molar refractivity (Wildman–Crippen MR) is 56.1 cm³/mol. The molecule has 0 unspecified atom stereocenters. The highest BCUT2D eigenvalue weighted by molar-refractivity contribution is 7.93. The SMILES string of the molecule is COC(C)=C(C=C(C)[N+](C)=O)S(N)(=O)=O. The highest BCUT2D eigenvalue weighted by atomic mass is 32.2. The van der Waals surface area contributed by atoms with Gasteiger partial charge in [0.25, 0.3) is 0 Å². The molecule has 0 saturated carbocycles. The summed E-state index contributed by atoms with van der Waals surface area (Å²) in [5.74, 6) is 0.138. The summed E-state index contributed by atoms with van der Waals surface area (Å²) in [6, 6.07) is 0. The predicted octanol–water partition coefficient (Wildman–Crippen LogP) is 0.465. The van der Waals surface area contributed by atoms with Crippen molar-refractivity contribution in [1.29, 1.82) is 0 Å². The summed E-state index contributed by atoms with van der Waals surface area (Å²) in [7, 11) is -1.31. The van der Waals surface area contributed by atoms with E-state index in [4.69, 9.17) is 9.88 Å². The second-order valence-electron chi connectivity index (χ2n) is 2.95. The second kappa shape index (κ2) is 5.04. The van der Waals surface area contributed by atoms with E-state index in [-0.39, 0.29) is 16.4 Å². The number of nitrogens with zero attached hydrogens (tertiary/aromatic N) is 1. The molecule has 86 valence electrons. The molecule has 0 aliphatic rings. The minimum Gasteiger partial charge on any atom is -0.500 e. The number of sulfonamides is 1. The Bertz CT molecular complexity index is 420. The van der Waals surface area contributed by atoms with E-state index >= 15 is 0 Å². The van der Waals surface area contributed by atoms with E-state index in [2.05, 4.69) is 0 Å². The Morgan fingerprint density at radius 1 is 1.40 bits per heavy atom. The van der Waals surface area contributed by atoms with E-state index in [1.54, 1.807) is 0 Å². The highest BCUT2D eigenvalue weighted by Gasteiger charge is 2.17. The van der Waals surface area contributed by atoms with Crippen molar-refractivity contribution in [2.45, 2.75) is 13.8 Å². The molecule has 0 radical (unpaired) electrons. The molecule has 2 N–H and O–H groups in total. The standard InChI is InChI=1S/C8H15N2O4S/c1-6(10(3)11)5-8(7(2)14-4)15(9,12)13/h5H,1-4H3,(H2,9,12,13)/q+1. The van der Waals surface area contributed by atoms with E-state index in [1.807, 2.05) is 0 Å². The first-order valence-electron chi connectivity index (χ1n) is 4.07. The maximum absolute atomic E-state index is 11.2. The Kier molecular flexibility index (Phi) is 4.63. The molecular formula is C8H15N2O4S+. The minimum atomic E-state index is -3.89. The Balaban J connectivity index is 5.58. The van der Waals surface area contributed by atoms with Gasteiger partial charge >= 0.3 is 0 Å². The molecule has 15 heavy (non-hydrogen) atoms. The zero-order chi connectivity index (χ0) is 12.2. The van der Waals surface area contributed by atoms with Crippen molar-refractivity contribution in [2.75, 3.05) is 14.2 Å². The maximum Gasteiger partial charge on any atom is 0.241 e. The van der Waals surface area contributed by atoms with Crippen molar-refractivity contribution in [3.63, 3.8) is 0 Å². The average molecular weight is 235 g/mol. The van der Waals surface area contributed by atoms with Crippen LogP contribution in [-0.4, -0.2) is 27.3 Å². The average Bonchev–Trinajstić information content (AvgIpc) is 2.10. The van der Waals surface area contributed by atoms with Gasteiger partial charge in [0.1, 0.15) is 10.7 Å². The van der Waals surface area contributed by atoms with E-state index in [1.165, 1.54) is 34.1 Å². The van der Waals surface area contributed by atoms with Crippen molar-refractivity contribution in [3.05, 3.63) is 27.3 Å². The summed E-state index contributed by atoms with van der Waals surface area (Å²) in [6.07, 6.45) is 1.17. The van der Waals surface area contributed by atoms with Crippen LogP contribution < -0.4 is 5.14 Å². The van der Waals surface area contributed by atoms with Crippen molar-refractivity contribution in [2.24, 2.45) is 5.14 Å². The molecule has 0 aliphatic heterocycles. The van der Waals surface area contributed by atoms with Gasteiger partial charge < -0.3 is 4.74 Å². The smallest absolute Gasteiger partial charge is 0.241 e. The van der Waals surface area contributed by atoms with Crippen LogP contribution >= 0.6 is 0 Å². The topological polar surface area (TPSA) is 89.5 Å². The molecular weight excluding hydrogens is 220 g/mol. The molecule has 0 spiro atoms. The molecule has 0 aromatic heterocycles. The number of nitrogens with two attached hydrogens (primary N) is 1. The quantitative estimate of drug-likeness (QED) is 0.435. The monoisotopic (exact) mass is 235 g/mol. The molecule has 0 saturated heterocycles. The Hall–Kier alpha value is -1.21. The Labute approximate surface area is 89.0 Å². The molecule has 0 rings (SSSR count). The van der Waals surface area contributed by atoms with Gasteiger partial charge in [0.15, 0.2) is 7.05 Å². The van der Waals surface area contributed by atoms with Crippen LogP contribution in [-0.2, 0) is 14.8 Å². The normalized spacial score (nSPS) is 14.6. The number of hydrogen-bond acceptors (Lipinski definition) is 4. The summed E-state index contributed by atoms with van der Waals surface area (Å²) >= 11 is 0. The van der Waals surface area contributed by atoms with E-state index in [0.29, 0.717) is 4.76 Å². The molecule has 7 heteroatoms. The summed E-state index contributed by atoms with van der Waals surface area (Å²) in [4.78, 5) is 10.7. The van der Waals surface area contributed by atoms with Crippen molar-refractivity contribution in [1.82, 2.24) is 0 Å². The Morgan fingerprint density at radius 2 is 1.87 bits per heavy atom. The van der Waals surface area contributed by atoms with Gasteiger partial charge in [-0.1, -0.05) is 0 Å². The van der Waals surface area contributed by atoms with Crippen LogP contribution in [0.4, 0.5) is 0 Å². The van der Waals surface area contributed by atoms with Crippen molar-refractivity contribution in [3.8, 4) is 0 Å². The van der Waals surface area contributed by atoms with Crippen LogP contribution in [0.5, 0.6) is 0 Å². The third kappa shape index (κ3) is 4.22. The fourth-order valence-electron chi connectivity index (χ4n) is 0.765. The van der Waals surface area contributed by atoms with Gasteiger partial charge in [-0.15, -0.1) is 0 Å². The molecule has 0 bridgehead atoms. The second-order valence-corrected chi connectivity index (χ2v) is 4.48. The summed E-state index contributed by atoms with van der Waals surface area (Å²) in [6.45, 7) is 2.93. The molecule has 0 aliphatic carbocycles. The molecule has 0 fully saturated rings. The first-order valence-corrected chi connectivity index (χ1v) is 5.61. The molecule has 0 heterocycles. The van der Waals surface area contributed by atoms with Crippen molar-refractivity contribution >= 4 is 10.0 Å². The molecule has 0 atom stereocenters. The van der Waals surface area contributed by atoms with Gasteiger partial charge in [0, 0.05) is 22.7 Å². The van der Waals surface area contributed by atoms with Gasteiger partial charge in [-0.25, -0.2) is 13.6 Å². The molecule has 0 aromatic rings. The van der Waals surface area contributed by atoms with E-state index in [0.717, 1.165) is 0 Å². The molecule has 0 aromatic carbocycles. The van der Waals surface area contributed by atoms with E-state index < -0.39 is 10.0 Å². The van der Waals surface area contributed by atoms with Crippen LogP contribution in [0.2, 0.25) is 0 Å². The zero-order valence-electron chi connectivity index (χ0n) is 9.14. The van der Waals surface area contributed by atoms with Crippen LogP contribution in [0.3, 0.4) is 0 Å². The third-order valence-electron chi connectivity index (χ3n) is 1.80. The van der Waals surface area contributed by atoms with Gasteiger partial charge in [-0.05, 0) is 6.92 Å². The first kappa shape index (κ1) is 13.8. The van der Waals surface area contributed by atoms with Crippen LogP contribution in [0.15, 0.2) is 22.4 Å². The van der Waals surface area contributed by atoms with Gasteiger partial charge in [0.2, 0.25) is 15.7 Å². The number of ether oxygens (including phenoxy) is 1. The number of methoxy groups -OCH3 is 1. The minimum absolute atomic E-state index is 0.138. The summed E-state index contributed by atoms with van der Waals surface area (Å²) in [5, 5.41) is 4.97.